The highest BCUT2D eigenvalue weighted by molar-refractivity contribution is 5.89. The highest BCUT2D eigenvalue weighted by Crippen LogP contribution is 2.09. The van der Waals surface area contributed by atoms with Gasteiger partial charge in [-0.2, -0.15) is 0 Å². The smallest absolute Gasteiger partial charge is 0.338 e. The molecular formula is C13H16O3. The van der Waals surface area contributed by atoms with Crippen molar-refractivity contribution in [2.24, 2.45) is 0 Å². The van der Waals surface area contributed by atoms with E-state index < -0.39 is 18.2 Å². The fourth-order valence-corrected chi connectivity index (χ4v) is 1.29. The molecule has 1 aromatic rings. The molecule has 0 aliphatic heterocycles. The molecule has 0 aliphatic carbocycles. The van der Waals surface area contributed by atoms with Gasteiger partial charge >= 0.3 is 5.97 Å². The van der Waals surface area contributed by atoms with Crippen molar-refractivity contribution in [3.8, 4) is 0 Å². The van der Waals surface area contributed by atoms with Crippen molar-refractivity contribution in [2.45, 2.75) is 25.6 Å². The van der Waals surface area contributed by atoms with Crippen LogP contribution in [0.15, 0.2) is 43.0 Å². The summed E-state index contributed by atoms with van der Waals surface area (Å²) in [5.41, 5.74) is 0.484. The van der Waals surface area contributed by atoms with Gasteiger partial charge in [0.1, 0.15) is 6.10 Å². The molecular weight excluding hydrogens is 204 g/mol. The van der Waals surface area contributed by atoms with Crippen LogP contribution in [0.2, 0.25) is 0 Å². The fraction of sp³-hybridized carbons (Fsp3) is 0.308. The zero-order chi connectivity index (χ0) is 12.0. The van der Waals surface area contributed by atoms with Crippen LogP contribution in [0.25, 0.3) is 0 Å². The Morgan fingerprint density at radius 1 is 1.50 bits per heavy atom. The first kappa shape index (κ1) is 12.5. The average Bonchev–Trinajstić information content (AvgIpc) is 2.29. The van der Waals surface area contributed by atoms with Crippen LogP contribution in [-0.4, -0.2) is 23.3 Å². The summed E-state index contributed by atoms with van der Waals surface area (Å²) >= 11 is 0. The summed E-state index contributed by atoms with van der Waals surface area (Å²) in [6, 6.07) is 8.71. The summed E-state index contributed by atoms with van der Waals surface area (Å²) in [7, 11) is 0. The Balaban J connectivity index is 2.65. The van der Waals surface area contributed by atoms with Gasteiger partial charge in [-0.05, 0) is 19.1 Å². The van der Waals surface area contributed by atoms with Crippen molar-refractivity contribution in [3.05, 3.63) is 48.6 Å². The second-order valence-electron chi connectivity index (χ2n) is 3.57. The van der Waals surface area contributed by atoms with Crippen molar-refractivity contribution < 1.29 is 14.6 Å². The van der Waals surface area contributed by atoms with E-state index in [0.717, 1.165) is 0 Å². The molecule has 3 heteroatoms. The zero-order valence-electron chi connectivity index (χ0n) is 9.30. The van der Waals surface area contributed by atoms with Gasteiger partial charge in [-0.15, -0.1) is 6.58 Å². The van der Waals surface area contributed by atoms with Crippen molar-refractivity contribution in [2.75, 3.05) is 0 Å². The number of hydrogen-bond donors (Lipinski definition) is 1. The SMILES string of the molecule is C=CC[C@@H](OC(=O)c1ccccc1)[C@H](C)O. The lowest BCUT2D eigenvalue weighted by Gasteiger charge is -2.18. The summed E-state index contributed by atoms with van der Waals surface area (Å²) in [4.78, 5) is 11.7. The van der Waals surface area contributed by atoms with Gasteiger partial charge in [-0.1, -0.05) is 24.3 Å². The molecule has 0 spiro atoms. The highest BCUT2D eigenvalue weighted by Gasteiger charge is 2.19. The van der Waals surface area contributed by atoms with Crippen molar-refractivity contribution >= 4 is 5.97 Å². The minimum atomic E-state index is -0.703. The molecule has 0 aliphatic rings. The number of carbonyl (C=O) groups excluding carboxylic acids is 1. The Morgan fingerprint density at radius 2 is 2.12 bits per heavy atom. The number of aliphatic hydroxyl groups excluding tert-OH is 1. The van der Waals surface area contributed by atoms with Gasteiger partial charge in [-0.3, -0.25) is 0 Å². The molecule has 86 valence electrons. The Labute approximate surface area is 95.4 Å². The first-order valence-corrected chi connectivity index (χ1v) is 5.20. The maximum Gasteiger partial charge on any atom is 0.338 e. The number of ether oxygens (including phenoxy) is 1. The molecule has 0 radical (unpaired) electrons. The normalized spacial score (nSPS) is 13.9. The largest absolute Gasteiger partial charge is 0.456 e. The van der Waals surface area contributed by atoms with Crippen molar-refractivity contribution in [1.82, 2.24) is 0 Å². The van der Waals surface area contributed by atoms with Crippen LogP contribution in [0.4, 0.5) is 0 Å². The molecule has 0 unspecified atom stereocenters. The molecule has 0 heterocycles. The molecule has 16 heavy (non-hydrogen) atoms. The third kappa shape index (κ3) is 3.51. The van der Waals surface area contributed by atoms with Gasteiger partial charge < -0.3 is 9.84 Å². The molecule has 0 amide bonds. The van der Waals surface area contributed by atoms with E-state index in [1.54, 1.807) is 37.3 Å². The summed E-state index contributed by atoms with van der Waals surface area (Å²) in [5, 5.41) is 9.41. The second-order valence-corrected chi connectivity index (χ2v) is 3.57. The summed E-state index contributed by atoms with van der Waals surface area (Å²) in [6.45, 7) is 5.15. The van der Waals surface area contributed by atoms with Gasteiger partial charge in [0.15, 0.2) is 0 Å². The maximum atomic E-state index is 11.7. The van der Waals surface area contributed by atoms with Crippen LogP contribution >= 0.6 is 0 Å². The van der Waals surface area contributed by atoms with E-state index >= 15 is 0 Å². The van der Waals surface area contributed by atoms with E-state index in [2.05, 4.69) is 6.58 Å². The summed E-state index contributed by atoms with van der Waals surface area (Å²) in [6.07, 6.45) is 0.821. The predicted molar refractivity (Wildman–Crippen MR) is 62.1 cm³/mol. The molecule has 1 rings (SSSR count). The zero-order valence-corrected chi connectivity index (χ0v) is 9.30. The molecule has 0 fully saturated rings. The minimum Gasteiger partial charge on any atom is -0.456 e. The van der Waals surface area contributed by atoms with Crippen LogP contribution in [0.5, 0.6) is 0 Å². The van der Waals surface area contributed by atoms with E-state index in [0.29, 0.717) is 12.0 Å². The molecule has 0 saturated carbocycles. The Kier molecular flexibility index (Phi) is 4.73. The van der Waals surface area contributed by atoms with E-state index in [-0.39, 0.29) is 0 Å². The average molecular weight is 220 g/mol. The third-order valence-electron chi connectivity index (χ3n) is 2.20. The van der Waals surface area contributed by atoms with E-state index in [4.69, 9.17) is 4.74 Å². The standard InChI is InChI=1S/C13H16O3/c1-3-7-12(10(2)14)16-13(15)11-8-5-4-6-9-11/h3-6,8-10,12,14H,1,7H2,2H3/t10-,12+/m0/s1. The second kappa shape index (κ2) is 6.08. The van der Waals surface area contributed by atoms with E-state index in [1.807, 2.05) is 6.07 Å². The van der Waals surface area contributed by atoms with Crippen LogP contribution in [0, 0.1) is 0 Å². The minimum absolute atomic E-state index is 0.423. The monoisotopic (exact) mass is 220 g/mol. The number of carbonyl (C=O) groups is 1. The van der Waals surface area contributed by atoms with Gasteiger partial charge in [0.25, 0.3) is 0 Å². The lowest BCUT2D eigenvalue weighted by molar-refractivity contribution is -0.0108. The Hall–Kier alpha value is -1.61. The quantitative estimate of drug-likeness (QED) is 0.611. The topological polar surface area (TPSA) is 46.5 Å². The van der Waals surface area contributed by atoms with Crippen LogP contribution in [0.3, 0.4) is 0 Å². The van der Waals surface area contributed by atoms with Crippen molar-refractivity contribution in [1.29, 1.82) is 0 Å². The fourth-order valence-electron chi connectivity index (χ4n) is 1.29. The van der Waals surface area contributed by atoms with E-state index in [1.165, 1.54) is 0 Å². The summed E-state index contributed by atoms with van der Waals surface area (Å²) < 4.78 is 5.18. The molecule has 2 atom stereocenters. The van der Waals surface area contributed by atoms with Crippen LogP contribution in [-0.2, 0) is 4.74 Å². The van der Waals surface area contributed by atoms with Crippen LogP contribution < -0.4 is 0 Å². The number of esters is 1. The molecule has 0 aromatic heterocycles. The molecule has 0 saturated heterocycles. The molecule has 1 N–H and O–H groups in total. The highest BCUT2D eigenvalue weighted by atomic mass is 16.6. The molecule has 0 bridgehead atoms. The first-order valence-electron chi connectivity index (χ1n) is 5.20. The van der Waals surface area contributed by atoms with Gasteiger partial charge in [0.05, 0.1) is 11.7 Å². The third-order valence-corrected chi connectivity index (χ3v) is 2.20. The molecule has 1 aromatic carbocycles. The molecule has 3 nitrogen and oxygen atoms in total. The maximum absolute atomic E-state index is 11.7. The predicted octanol–water partition coefficient (Wildman–Crippen LogP) is 2.17. The van der Waals surface area contributed by atoms with Crippen LogP contribution in [0.1, 0.15) is 23.7 Å². The Bertz CT molecular complexity index is 343. The number of benzene rings is 1. The van der Waals surface area contributed by atoms with Gasteiger partial charge in [0, 0.05) is 6.42 Å². The van der Waals surface area contributed by atoms with Crippen molar-refractivity contribution in [3.63, 3.8) is 0 Å². The Morgan fingerprint density at radius 3 is 2.62 bits per heavy atom. The lowest BCUT2D eigenvalue weighted by atomic mass is 10.1. The van der Waals surface area contributed by atoms with Gasteiger partial charge in [-0.25, -0.2) is 4.79 Å². The number of rotatable bonds is 5. The summed E-state index contributed by atoms with van der Waals surface area (Å²) in [5.74, 6) is -0.423. The first-order chi connectivity index (χ1) is 7.65. The van der Waals surface area contributed by atoms with E-state index in [9.17, 15) is 9.90 Å². The lowest BCUT2D eigenvalue weighted by Crippen LogP contribution is -2.28. The van der Waals surface area contributed by atoms with Gasteiger partial charge in [0.2, 0.25) is 0 Å². The number of aliphatic hydroxyl groups is 1. The number of hydrogen-bond acceptors (Lipinski definition) is 3.